The topological polar surface area (TPSA) is 19.0 Å². The van der Waals surface area contributed by atoms with Gasteiger partial charge in [0.2, 0.25) is 0 Å². The quantitative estimate of drug-likeness (QED) is 0.892. The smallest absolute Gasteiger partial charge is 0.0386 e. The van der Waals surface area contributed by atoms with Gasteiger partial charge in [-0.05, 0) is 56.8 Å². The van der Waals surface area contributed by atoms with Crippen LogP contribution in [0.2, 0.25) is 0 Å². The predicted molar refractivity (Wildman–Crippen MR) is 85.9 cm³/mol. The van der Waals surface area contributed by atoms with Gasteiger partial charge >= 0.3 is 0 Å². The first-order valence-corrected chi connectivity index (χ1v) is 8.02. The van der Waals surface area contributed by atoms with Gasteiger partial charge in [-0.15, -0.1) is 0 Å². The molecule has 2 atom stereocenters. The third-order valence-electron chi connectivity index (χ3n) is 4.91. The molecular formula is C18H26N2. The molecule has 0 bridgehead atoms. The molecule has 1 aromatic heterocycles. The molecule has 2 nitrogen and oxygen atoms in total. The second-order valence-electron chi connectivity index (χ2n) is 6.18. The van der Waals surface area contributed by atoms with E-state index in [1.807, 2.05) is 0 Å². The molecule has 2 heterocycles. The van der Waals surface area contributed by atoms with E-state index in [9.17, 15) is 0 Å². The highest BCUT2D eigenvalue weighted by atomic mass is 15.2. The van der Waals surface area contributed by atoms with Crippen LogP contribution in [0.4, 0.5) is 0 Å². The van der Waals surface area contributed by atoms with Crippen LogP contribution in [0.15, 0.2) is 18.3 Å². The average molecular weight is 270 g/mol. The Balaban J connectivity index is 2.09. The second-order valence-corrected chi connectivity index (χ2v) is 6.18. The van der Waals surface area contributed by atoms with Crippen LogP contribution in [0, 0.1) is 5.92 Å². The van der Waals surface area contributed by atoms with Crippen molar-refractivity contribution < 1.29 is 0 Å². The van der Waals surface area contributed by atoms with E-state index in [0.29, 0.717) is 12.0 Å². The molecule has 1 fully saturated rings. The highest BCUT2D eigenvalue weighted by Gasteiger charge is 2.36. The lowest BCUT2D eigenvalue weighted by atomic mass is 9.75. The molecule has 108 valence electrons. The molecule has 2 heteroatoms. The van der Waals surface area contributed by atoms with Crippen LogP contribution < -0.4 is 10.6 Å². The van der Waals surface area contributed by atoms with Crippen LogP contribution in [-0.4, -0.2) is 29.0 Å². The molecule has 1 aliphatic carbocycles. The second kappa shape index (κ2) is 5.61. The lowest BCUT2D eigenvalue weighted by Crippen LogP contribution is -2.51. The van der Waals surface area contributed by atoms with Crippen molar-refractivity contribution in [2.75, 3.05) is 13.1 Å². The summed E-state index contributed by atoms with van der Waals surface area (Å²) in [5, 5.41) is 2.50. The zero-order valence-corrected chi connectivity index (χ0v) is 12.8. The van der Waals surface area contributed by atoms with E-state index in [2.05, 4.69) is 48.7 Å². The monoisotopic (exact) mass is 270 g/mol. The SMILES string of the molecule is C=c1[nH]cc2c1=C(/C=C\C)[C@H]1CCCN(CCC)[C@@H]1C2. The first kappa shape index (κ1) is 13.7. The minimum absolute atomic E-state index is 0.690. The van der Waals surface area contributed by atoms with Gasteiger partial charge in [-0.2, -0.15) is 0 Å². The van der Waals surface area contributed by atoms with Crippen molar-refractivity contribution in [2.24, 2.45) is 5.92 Å². The van der Waals surface area contributed by atoms with E-state index in [0.717, 1.165) is 5.35 Å². The van der Waals surface area contributed by atoms with E-state index in [1.165, 1.54) is 55.1 Å². The van der Waals surface area contributed by atoms with Crippen molar-refractivity contribution in [3.8, 4) is 0 Å². The maximum atomic E-state index is 4.20. The molecule has 20 heavy (non-hydrogen) atoms. The predicted octanol–water partition coefficient (Wildman–Crippen LogP) is 2.20. The zero-order chi connectivity index (χ0) is 14.1. The Bertz CT molecular complexity index is 606. The Morgan fingerprint density at radius 2 is 2.35 bits per heavy atom. The number of aromatic amines is 1. The van der Waals surface area contributed by atoms with Crippen LogP contribution >= 0.6 is 0 Å². The standard InChI is InChI=1S/C18H26N2/c1-4-7-16-15-8-6-10-20(9-5-2)17(15)11-14-12-19-13(3)18(14)16/h4,7,12,15,17,19H,3,5-6,8-11H2,1-2H3/b7-4-/t15-,17-/m1/s1. The zero-order valence-electron chi connectivity index (χ0n) is 12.8. The van der Waals surface area contributed by atoms with Crippen LogP contribution in [0.3, 0.4) is 0 Å². The number of nitrogens with one attached hydrogen (secondary N) is 1. The summed E-state index contributed by atoms with van der Waals surface area (Å²) in [4.78, 5) is 6.06. The maximum Gasteiger partial charge on any atom is 0.0386 e. The molecule has 3 rings (SSSR count). The number of nitrogens with zero attached hydrogens (tertiary/aromatic N) is 1. The van der Waals surface area contributed by atoms with Crippen molar-refractivity contribution in [3.63, 3.8) is 0 Å². The van der Waals surface area contributed by atoms with Crippen molar-refractivity contribution in [2.45, 2.75) is 45.6 Å². The number of rotatable bonds is 3. The molecular weight excluding hydrogens is 244 g/mol. The summed E-state index contributed by atoms with van der Waals surface area (Å²) in [5.41, 5.74) is 2.98. The Morgan fingerprint density at radius 1 is 1.50 bits per heavy atom. The van der Waals surface area contributed by atoms with E-state index in [4.69, 9.17) is 0 Å². The molecule has 0 amide bonds. The molecule has 0 radical (unpaired) electrons. The van der Waals surface area contributed by atoms with Gasteiger partial charge in [-0.3, -0.25) is 4.90 Å². The van der Waals surface area contributed by atoms with E-state index in [-0.39, 0.29) is 0 Å². The van der Waals surface area contributed by atoms with Crippen molar-refractivity contribution in [1.29, 1.82) is 0 Å². The lowest BCUT2D eigenvalue weighted by molar-refractivity contribution is 0.115. The lowest BCUT2D eigenvalue weighted by Gasteiger charge is -2.44. The summed E-state index contributed by atoms with van der Waals surface area (Å²) in [6.07, 6.45) is 11.8. The van der Waals surface area contributed by atoms with E-state index < -0.39 is 0 Å². The van der Waals surface area contributed by atoms with Gasteiger partial charge in [0, 0.05) is 28.7 Å². The number of aromatic nitrogens is 1. The molecule has 1 N–H and O–H groups in total. The third kappa shape index (κ3) is 2.16. The maximum absolute atomic E-state index is 4.20. The number of hydrogen-bond acceptors (Lipinski definition) is 1. The normalized spacial score (nSPS) is 26.8. The highest BCUT2D eigenvalue weighted by Crippen LogP contribution is 2.34. The van der Waals surface area contributed by atoms with Crippen molar-refractivity contribution >= 4 is 12.2 Å². The molecule has 0 saturated carbocycles. The van der Waals surface area contributed by atoms with Gasteiger partial charge in [-0.1, -0.05) is 25.7 Å². The van der Waals surface area contributed by atoms with Crippen LogP contribution in [-0.2, 0) is 6.42 Å². The molecule has 0 aromatic carbocycles. The summed E-state index contributed by atoms with van der Waals surface area (Å²) in [7, 11) is 0. The fourth-order valence-corrected chi connectivity index (χ4v) is 4.16. The van der Waals surface area contributed by atoms with Gasteiger partial charge in [0.15, 0.2) is 0 Å². The summed E-state index contributed by atoms with van der Waals surface area (Å²) in [6.45, 7) is 11.1. The van der Waals surface area contributed by atoms with Crippen molar-refractivity contribution in [3.05, 3.63) is 34.5 Å². The minimum atomic E-state index is 0.690. The Kier molecular flexibility index (Phi) is 3.84. The van der Waals surface area contributed by atoms with E-state index >= 15 is 0 Å². The highest BCUT2D eigenvalue weighted by molar-refractivity contribution is 5.63. The Labute approximate surface area is 121 Å². The Hall–Kier alpha value is -1.28. The van der Waals surface area contributed by atoms with Crippen LogP contribution in [0.1, 0.15) is 38.7 Å². The molecule has 1 saturated heterocycles. The van der Waals surface area contributed by atoms with Crippen LogP contribution in [0.5, 0.6) is 0 Å². The van der Waals surface area contributed by atoms with Crippen molar-refractivity contribution in [1.82, 2.24) is 9.88 Å². The number of hydrogen-bond donors (Lipinski definition) is 1. The average Bonchev–Trinajstić information content (AvgIpc) is 2.81. The van der Waals surface area contributed by atoms with Gasteiger partial charge in [-0.25, -0.2) is 0 Å². The number of likely N-dealkylation sites (tertiary alicyclic amines) is 1. The van der Waals surface area contributed by atoms with Gasteiger partial charge < -0.3 is 4.98 Å². The molecule has 1 aromatic rings. The third-order valence-corrected chi connectivity index (χ3v) is 4.91. The van der Waals surface area contributed by atoms with Gasteiger partial charge in [0.1, 0.15) is 0 Å². The largest absolute Gasteiger partial charge is 0.361 e. The molecule has 2 aliphatic rings. The first-order chi connectivity index (χ1) is 9.76. The van der Waals surface area contributed by atoms with E-state index in [1.54, 1.807) is 0 Å². The summed E-state index contributed by atoms with van der Waals surface area (Å²) in [5.74, 6) is 0.690. The van der Waals surface area contributed by atoms with Crippen LogP contribution in [0.25, 0.3) is 12.2 Å². The molecule has 0 unspecified atom stereocenters. The Morgan fingerprint density at radius 3 is 3.10 bits per heavy atom. The number of fused-ring (bicyclic) bond motifs is 2. The molecule has 1 aliphatic heterocycles. The fourth-order valence-electron chi connectivity index (χ4n) is 4.16. The summed E-state index contributed by atoms with van der Waals surface area (Å²) >= 11 is 0. The van der Waals surface area contributed by atoms with Gasteiger partial charge in [0.25, 0.3) is 0 Å². The fraction of sp³-hybridized carbons (Fsp3) is 0.556. The van der Waals surface area contributed by atoms with Gasteiger partial charge in [0.05, 0.1) is 0 Å². The number of H-pyrrole nitrogens is 1. The first-order valence-electron chi connectivity index (χ1n) is 8.02. The number of allylic oxidation sites excluding steroid dienone is 2. The molecule has 0 spiro atoms. The number of piperidine rings is 1. The summed E-state index contributed by atoms with van der Waals surface area (Å²) in [6, 6.07) is 0.692. The summed E-state index contributed by atoms with van der Waals surface area (Å²) < 4.78 is 0. The minimum Gasteiger partial charge on any atom is -0.361 e.